The van der Waals surface area contributed by atoms with Crippen LogP contribution in [-0.2, 0) is 0 Å². The smallest absolute Gasteiger partial charge is 0.145 e. The second-order valence-electron chi connectivity index (χ2n) is 3.59. The van der Waals surface area contributed by atoms with E-state index in [1.807, 2.05) is 18.2 Å². The lowest BCUT2D eigenvalue weighted by molar-refractivity contribution is 1.10. The first-order valence-electron chi connectivity index (χ1n) is 4.82. The van der Waals surface area contributed by atoms with Gasteiger partial charge in [0.2, 0.25) is 0 Å². The zero-order valence-electron chi connectivity index (χ0n) is 8.29. The Morgan fingerprint density at radius 1 is 1.19 bits per heavy atom. The monoisotopic (exact) mass is 276 g/mol. The first-order chi connectivity index (χ1) is 7.74. The lowest BCUT2D eigenvalue weighted by atomic mass is 10.2. The first kappa shape index (κ1) is 9.47. The highest BCUT2D eigenvalue weighted by Gasteiger charge is 2.07. The van der Waals surface area contributed by atoms with Crippen LogP contribution in [-0.4, -0.2) is 15.2 Å². The van der Waals surface area contributed by atoms with E-state index in [4.69, 9.17) is 5.73 Å². The van der Waals surface area contributed by atoms with Crippen LogP contribution in [0.3, 0.4) is 0 Å². The van der Waals surface area contributed by atoms with E-state index in [-0.39, 0.29) is 0 Å². The van der Waals surface area contributed by atoms with Gasteiger partial charge in [-0.05, 0) is 18.2 Å². The van der Waals surface area contributed by atoms with E-state index in [9.17, 15) is 0 Å². The number of rotatable bonds is 1. The molecular weight excluding hydrogens is 268 g/mol. The van der Waals surface area contributed by atoms with E-state index in [0.717, 1.165) is 26.8 Å². The van der Waals surface area contributed by atoms with E-state index < -0.39 is 0 Å². The van der Waals surface area contributed by atoms with Gasteiger partial charge >= 0.3 is 0 Å². The molecular formula is C11H9BrN4. The normalized spacial score (nSPS) is 11.1. The number of hydrogen-bond acceptors (Lipinski definition) is 2. The number of benzene rings is 1. The number of nitrogen functional groups attached to an aromatic ring is 1. The maximum absolute atomic E-state index is 5.57. The van der Waals surface area contributed by atoms with Crippen molar-refractivity contribution < 1.29 is 0 Å². The van der Waals surface area contributed by atoms with Gasteiger partial charge in [0.25, 0.3) is 0 Å². The number of anilines is 1. The van der Waals surface area contributed by atoms with Crippen molar-refractivity contribution in [3.63, 3.8) is 0 Å². The quantitative estimate of drug-likeness (QED) is 0.640. The highest BCUT2D eigenvalue weighted by molar-refractivity contribution is 9.10. The fraction of sp³-hybridized carbons (Fsp3) is 0. The summed E-state index contributed by atoms with van der Waals surface area (Å²) in [4.78, 5) is 3.31. The summed E-state index contributed by atoms with van der Waals surface area (Å²) in [5.74, 6) is 0.493. The van der Waals surface area contributed by atoms with Gasteiger partial charge in [-0.25, -0.2) is 0 Å². The maximum Gasteiger partial charge on any atom is 0.145 e. The fourth-order valence-electron chi connectivity index (χ4n) is 1.74. The molecule has 3 aromatic rings. The summed E-state index contributed by atoms with van der Waals surface area (Å²) in [5, 5.41) is 7.93. The molecule has 0 fully saturated rings. The SMILES string of the molecule is Nc1cc(-c2cc3c(Br)cccc3[nH]2)[nH]n1. The summed E-state index contributed by atoms with van der Waals surface area (Å²) in [6, 6.07) is 9.91. The Bertz CT molecular complexity index is 653. The molecule has 3 rings (SSSR count). The number of nitrogens with one attached hydrogen (secondary N) is 2. The number of aromatic amines is 2. The van der Waals surface area contributed by atoms with Crippen molar-refractivity contribution in [1.29, 1.82) is 0 Å². The molecule has 0 unspecified atom stereocenters. The van der Waals surface area contributed by atoms with Crippen LogP contribution in [0, 0.1) is 0 Å². The van der Waals surface area contributed by atoms with Crippen LogP contribution < -0.4 is 5.73 Å². The zero-order valence-corrected chi connectivity index (χ0v) is 9.88. The topological polar surface area (TPSA) is 70.5 Å². The Morgan fingerprint density at radius 3 is 2.75 bits per heavy atom. The van der Waals surface area contributed by atoms with Crippen LogP contribution in [0.1, 0.15) is 0 Å². The van der Waals surface area contributed by atoms with Crippen LogP contribution in [0.25, 0.3) is 22.3 Å². The Balaban J connectivity index is 2.22. The maximum atomic E-state index is 5.57. The molecule has 0 saturated carbocycles. The number of fused-ring (bicyclic) bond motifs is 1. The highest BCUT2D eigenvalue weighted by atomic mass is 79.9. The first-order valence-corrected chi connectivity index (χ1v) is 5.62. The molecule has 0 saturated heterocycles. The molecule has 2 heterocycles. The summed E-state index contributed by atoms with van der Waals surface area (Å²) in [5.41, 5.74) is 8.52. The molecule has 2 aromatic heterocycles. The Morgan fingerprint density at radius 2 is 2.06 bits per heavy atom. The largest absolute Gasteiger partial charge is 0.382 e. The summed E-state index contributed by atoms with van der Waals surface area (Å²) in [7, 11) is 0. The third kappa shape index (κ3) is 1.40. The van der Waals surface area contributed by atoms with Crippen molar-refractivity contribution in [1.82, 2.24) is 15.2 Å². The molecule has 4 N–H and O–H groups in total. The summed E-state index contributed by atoms with van der Waals surface area (Å²) >= 11 is 3.52. The van der Waals surface area contributed by atoms with Gasteiger partial charge in [-0.1, -0.05) is 22.0 Å². The van der Waals surface area contributed by atoms with E-state index >= 15 is 0 Å². The number of H-pyrrole nitrogens is 2. The summed E-state index contributed by atoms with van der Waals surface area (Å²) < 4.78 is 1.07. The molecule has 0 spiro atoms. The number of nitrogens with two attached hydrogens (primary N) is 1. The van der Waals surface area contributed by atoms with Gasteiger partial charge in [0, 0.05) is 21.4 Å². The molecule has 0 aliphatic rings. The number of hydrogen-bond donors (Lipinski definition) is 3. The second kappa shape index (κ2) is 3.38. The third-order valence-electron chi connectivity index (χ3n) is 2.50. The minimum atomic E-state index is 0.493. The van der Waals surface area contributed by atoms with E-state index in [0.29, 0.717) is 5.82 Å². The molecule has 0 atom stereocenters. The van der Waals surface area contributed by atoms with Gasteiger partial charge in [-0.15, -0.1) is 0 Å². The van der Waals surface area contributed by atoms with Gasteiger partial charge in [-0.3, -0.25) is 5.10 Å². The van der Waals surface area contributed by atoms with Crippen molar-refractivity contribution in [2.45, 2.75) is 0 Å². The van der Waals surface area contributed by atoms with Crippen LogP contribution in [0.2, 0.25) is 0 Å². The zero-order chi connectivity index (χ0) is 11.1. The standard InChI is InChI=1S/C11H9BrN4/c12-7-2-1-3-8-6(7)4-9(14-8)10-5-11(13)16-15-10/h1-5,14H,(H3,13,15,16). The predicted molar refractivity (Wildman–Crippen MR) is 68.0 cm³/mol. The van der Waals surface area contributed by atoms with Crippen molar-refractivity contribution in [3.05, 3.63) is 34.8 Å². The van der Waals surface area contributed by atoms with Gasteiger partial charge < -0.3 is 10.7 Å². The number of nitrogens with zero attached hydrogens (tertiary/aromatic N) is 1. The summed E-state index contributed by atoms with van der Waals surface area (Å²) in [6.45, 7) is 0. The molecule has 5 heteroatoms. The van der Waals surface area contributed by atoms with Crippen LogP contribution >= 0.6 is 15.9 Å². The average Bonchev–Trinajstić information content (AvgIpc) is 2.84. The van der Waals surface area contributed by atoms with Crippen LogP contribution in [0.5, 0.6) is 0 Å². The second-order valence-corrected chi connectivity index (χ2v) is 4.44. The molecule has 0 amide bonds. The van der Waals surface area contributed by atoms with Crippen molar-refractivity contribution >= 4 is 32.7 Å². The van der Waals surface area contributed by atoms with Crippen molar-refractivity contribution in [2.24, 2.45) is 0 Å². The minimum Gasteiger partial charge on any atom is -0.382 e. The average molecular weight is 277 g/mol. The Kier molecular flexibility index (Phi) is 2.00. The van der Waals surface area contributed by atoms with E-state index in [2.05, 4.69) is 37.2 Å². The predicted octanol–water partition coefficient (Wildman–Crippen LogP) is 2.90. The van der Waals surface area contributed by atoms with Gasteiger partial charge in [0.1, 0.15) is 5.82 Å². The Hall–Kier alpha value is -1.75. The molecule has 0 radical (unpaired) electrons. The Labute approximate surface area is 100.0 Å². The van der Waals surface area contributed by atoms with E-state index in [1.54, 1.807) is 6.07 Å². The van der Waals surface area contributed by atoms with E-state index in [1.165, 1.54) is 0 Å². The fourth-order valence-corrected chi connectivity index (χ4v) is 2.22. The number of aromatic nitrogens is 3. The lowest BCUT2D eigenvalue weighted by Gasteiger charge is -1.90. The van der Waals surface area contributed by atoms with Gasteiger partial charge in [-0.2, -0.15) is 5.10 Å². The molecule has 16 heavy (non-hydrogen) atoms. The highest BCUT2D eigenvalue weighted by Crippen LogP contribution is 2.28. The van der Waals surface area contributed by atoms with Crippen LogP contribution in [0.4, 0.5) is 5.82 Å². The molecule has 0 bridgehead atoms. The van der Waals surface area contributed by atoms with Gasteiger partial charge in [0.05, 0.1) is 11.4 Å². The van der Waals surface area contributed by atoms with Gasteiger partial charge in [0.15, 0.2) is 0 Å². The van der Waals surface area contributed by atoms with Crippen molar-refractivity contribution in [2.75, 3.05) is 5.73 Å². The summed E-state index contributed by atoms with van der Waals surface area (Å²) in [6.07, 6.45) is 0. The lowest BCUT2D eigenvalue weighted by Crippen LogP contribution is -1.81. The van der Waals surface area contributed by atoms with Crippen LogP contribution in [0.15, 0.2) is 34.8 Å². The molecule has 0 aliphatic heterocycles. The minimum absolute atomic E-state index is 0.493. The molecule has 80 valence electrons. The molecule has 4 nitrogen and oxygen atoms in total. The molecule has 0 aliphatic carbocycles. The third-order valence-corrected chi connectivity index (χ3v) is 3.19. The number of halogens is 1. The molecule has 1 aromatic carbocycles. The van der Waals surface area contributed by atoms with Crippen molar-refractivity contribution in [3.8, 4) is 11.4 Å².